The molecule has 25 heavy (non-hydrogen) atoms. The third-order valence-electron chi connectivity index (χ3n) is 4.52. The molecule has 0 bridgehead atoms. The number of phenolic OH excluding ortho intramolecular Hbond substituents is 1. The van der Waals surface area contributed by atoms with E-state index in [1.807, 2.05) is 24.3 Å². The van der Waals surface area contributed by atoms with E-state index in [0.717, 1.165) is 48.7 Å². The molecule has 134 valence electrons. The fraction of sp³-hybridized carbons (Fsp3) is 0.400. The van der Waals surface area contributed by atoms with E-state index in [1.54, 1.807) is 26.4 Å². The first-order valence-electron chi connectivity index (χ1n) is 8.54. The number of rotatable bonds is 5. The molecule has 2 aromatic carbocycles. The molecular formula is C20H25NO4. The first-order valence-corrected chi connectivity index (χ1v) is 8.54. The van der Waals surface area contributed by atoms with Crippen molar-refractivity contribution in [2.45, 2.75) is 32.5 Å². The Morgan fingerprint density at radius 3 is 2.68 bits per heavy atom. The zero-order chi connectivity index (χ0) is 17.8. The lowest BCUT2D eigenvalue weighted by Gasteiger charge is -2.23. The summed E-state index contributed by atoms with van der Waals surface area (Å²) in [5.74, 6) is 2.41. The van der Waals surface area contributed by atoms with Crippen LogP contribution in [-0.4, -0.2) is 36.9 Å². The zero-order valence-corrected chi connectivity index (χ0v) is 15.0. The minimum atomic E-state index is 0.140. The maximum Gasteiger partial charge on any atom is 0.160 e. The molecule has 5 heteroatoms. The second-order valence-electron chi connectivity index (χ2n) is 6.30. The van der Waals surface area contributed by atoms with Gasteiger partial charge >= 0.3 is 0 Å². The van der Waals surface area contributed by atoms with Gasteiger partial charge in [0.05, 0.1) is 14.2 Å². The summed E-state index contributed by atoms with van der Waals surface area (Å²) in [5.41, 5.74) is 2.16. The Labute approximate surface area is 148 Å². The minimum Gasteiger partial charge on any atom is -0.504 e. The van der Waals surface area contributed by atoms with Crippen LogP contribution in [0.1, 0.15) is 24.5 Å². The third-order valence-corrected chi connectivity index (χ3v) is 4.52. The first kappa shape index (κ1) is 17.4. The second kappa shape index (κ2) is 7.66. The second-order valence-corrected chi connectivity index (χ2v) is 6.30. The Hall–Kier alpha value is -2.40. The lowest BCUT2D eigenvalue weighted by Crippen LogP contribution is -2.32. The fourth-order valence-electron chi connectivity index (χ4n) is 3.16. The minimum absolute atomic E-state index is 0.140. The van der Waals surface area contributed by atoms with Crippen LogP contribution in [0.3, 0.4) is 0 Å². The molecule has 0 aliphatic carbocycles. The molecule has 0 saturated carbocycles. The maximum absolute atomic E-state index is 10.0. The number of hydrogen-bond acceptors (Lipinski definition) is 5. The van der Waals surface area contributed by atoms with Crippen molar-refractivity contribution in [3.63, 3.8) is 0 Å². The van der Waals surface area contributed by atoms with E-state index in [4.69, 9.17) is 14.2 Å². The van der Waals surface area contributed by atoms with Crippen LogP contribution in [0.25, 0.3) is 0 Å². The highest BCUT2D eigenvalue weighted by Gasteiger charge is 2.22. The van der Waals surface area contributed by atoms with Crippen molar-refractivity contribution in [3.8, 4) is 23.0 Å². The Balaban J connectivity index is 1.83. The SMILES string of the molecule is CC[C@@H]1CN(Cc2ccc(OC)c(O)c2)Cc2cc(OC)ccc2O1. The van der Waals surface area contributed by atoms with Gasteiger partial charge in [0.25, 0.3) is 0 Å². The van der Waals surface area contributed by atoms with Gasteiger partial charge in [-0.15, -0.1) is 0 Å². The van der Waals surface area contributed by atoms with E-state index in [0.29, 0.717) is 5.75 Å². The van der Waals surface area contributed by atoms with E-state index >= 15 is 0 Å². The van der Waals surface area contributed by atoms with Crippen molar-refractivity contribution in [1.82, 2.24) is 4.90 Å². The molecule has 1 aliphatic rings. The van der Waals surface area contributed by atoms with E-state index in [9.17, 15) is 5.11 Å². The number of aromatic hydroxyl groups is 1. The van der Waals surface area contributed by atoms with Crippen LogP contribution in [0.2, 0.25) is 0 Å². The van der Waals surface area contributed by atoms with E-state index in [-0.39, 0.29) is 11.9 Å². The summed E-state index contributed by atoms with van der Waals surface area (Å²) in [6.45, 7) is 4.47. The summed E-state index contributed by atoms with van der Waals surface area (Å²) in [7, 11) is 3.23. The molecule has 1 N–H and O–H groups in total. The number of hydrogen-bond donors (Lipinski definition) is 1. The van der Waals surface area contributed by atoms with Gasteiger partial charge < -0.3 is 19.3 Å². The van der Waals surface area contributed by atoms with Crippen LogP contribution in [0.4, 0.5) is 0 Å². The number of fused-ring (bicyclic) bond motifs is 1. The van der Waals surface area contributed by atoms with E-state index in [2.05, 4.69) is 11.8 Å². The van der Waals surface area contributed by atoms with Gasteiger partial charge in [-0.05, 0) is 42.3 Å². The summed E-state index contributed by atoms with van der Waals surface area (Å²) in [6.07, 6.45) is 1.08. The average Bonchev–Trinajstić information content (AvgIpc) is 2.79. The van der Waals surface area contributed by atoms with Crippen LogP contribution >= 0.6 is 0 Å². The van der Waals surface area contributed by atoms with Crippen molar-refractivity contribution in [2.75, 3.05) is 20.8 Å². The Morgan fingerprint density at radius 1 is 1.16 bits per heavy atom. The molecule has 3 rings (SSSR count). The molecule has 0 saturated heterocycles. The quantitative estimate of drug-likeness (QED) is 0.899. The number of ether oxygens (including phenoxy) is 3. The maximum atomic E-state index is 10.0. The molecule has 5 nitrogen and oxygen atoms in total. The van der Waals surface area contributed by atoms with Crippen LogP contribution < -0.4 is 14.2 Å². The molecule has 0 amide bonds. The van der Waals surface area contributed by atoms with Crippen molar-refractivity contribution < 1.29 is 19.3 Å². The number of phenols is 1. The number of benzene rings is 2. The smallest absolute Gasteiger partial charge is 0.160 e. The standard InChI is InChI=1S/C20H25NO4/c1-4-16-13-21(11-14-5-7-20(24-3)18(22)9-14)12-15-10-17(23-2)6-8-19(15)25-16/h5-10,16,22H,4,11-13H2,1-3H3/t16-/m1/s1. The lowest BCUT2D eigenvalue weighted by molar-refractivity contribution is 0.139. The highest BCUT2D eigenvalue weighted by Crippen LogP contribution is 2.31. The first-order chi connectivity index (χ1) is 12.1. The largest absolute Gasteiger partial charge is 0.504 e. The molecule has 0 spiro atoms. The molecule has 1 heterocycles. The van der Waals surface area contributed by atoms with Crippen LogP contribution in [0, 0.1) is 0 Å². The lowest BCUT2D eigenvalue weighted by atomic mass is 10.1. The summed E-state index contributed by atoms with van der Waals surface area (Å²) in [6, 6.07) is 11.5. The highest BCUT2D eigenvalue weighted by molar-refractivity contribution is 5.42. The fourth-order valence-corrected chi connectivity index (χ4v) is 3.16. The summed E-state index contributed by atoms with van der Waals surface area (Å²) >= 11 is 0. The third kappa shape index (κ3) is 3.99. The zero-order valence-electron chi connectivity index (χ0n) is 15.0. The molecule has 0 radical (unpaired) electrons. The van der Waals surface area contributed by atoms with E-state index < -0.39 is 0 Å². The summed E-state index contributed by atoms with van der Waals surface area (Å²) < 4.78 is 16.6. The normalized spacial score (nSPS) is 17.3. The predicted octanol–water partition coefficient (Wildman–Crippen LogP) is 3.58. The van der Waals surface area contributed by atoms with Gasteiger partial charge in [0, 0.05) is 25.2 Å². The van der Waals surface area contributed by atoms with Gasteiger partial charge in [0.2, 0.25) is 0 Å². The van der Waals surface area contributed by atoms with Crippen LogP contribution in [-0.2, 0) is 13.1 Å². The molecule has 1 atom stereocenters. The van der Waals surface area contributed by atoms with Crippen LogP contribution in [0.5, 0.6) is 23.0 Å². The van der Waals surface area contributed by atoms with E-state index in [1.165, 1.54) is 0 Å². The molecule has 0 fully saturated rings. The molecule has 0 aromatic heterocycles. The molecular weight excluding hydrogens is 318 g/mol. The van der Waals surface area contributed by atoms with Crippen molar-refractivity contribution >= 4 is 0 Å². The van der Waals surface area contributed by atoms with Gasteiger partial charge in [0.15, 0.2) is 11.5 Å². The molecule has 1 aliphatic heterocycles. The number of methoxy groups -OCH3 is 2. The number of nitrogens with zero attached hydrogens (tertiary/aromatic N) is 1. The van der Waals surface area contributed by atoms with Gasteiger partial charge in [-0.25, -0.2) is 0 Å². The monoisotopic (exact) mass is 343 g/mol. The Bertz CT molecular complexity index is 732. The Kier molecular flexibility index (Phi) is 5.34. The summed E-state index contributed by atoms with van der Waals surface area (Å²) in [4.78, 5) is 2.33. The van der Waals surface area contributed by atoms with Gasteiger partial charge in [-0.1, -0.05) is 13.0 Å². The van der Waals surface area contributed by atoms with Gasteiger partial charge in [0.1, 0.15) is 17.6 Å². The van der Waals surface area contributed by atoms with Crippen molar-refractivity contribution in [2.24, 2.45) is 0 Å². The highest BCUT2D eigenvalue weighted by atomic mass is 16.5. The van der Waals surface area contributed by atoms with Crippen molar-refractivity contribution in [3.05, 3.63) is 47.5 Å². The predicted molar refractivity (Wildman–Crippen MR) is 96.5 cm³/mol. The summed E-state index contributed by atoms with van der Waals surface area (Å²) in [5, 5.41) is 10.0. The Morgan fingerprint density at radius 2 is 2.00 bits per heavy atom. The average molecular weight is 343 g/mol. The van der Waals surface area contributed by atoms with Gasteiger partial charge in [-0.3, -0.25) is 4.90 Å². The molecule has 0 unspecified atom stereocenters. The topological polar surface area (TPSA) is 51.2 Å². The van der Waals surface area contributed by atoms with Crippen molar-refractivity contribution in [1.29, 1.82) is 0 Å². The van der Waals surface area contributed by atoms with Crippen LogP contribution in [0.15, 0.2) is 36.4 Å². The van der Waals surface area contributed by atoms with Gasteiger partial charge in [-0.2, -0.15) is 0 Å². The molecule has 2 aromatic rings.